The van der Waals surface area contributed by atoms with Crippen molar-refractivity contribution in [1.82, 2.24) is 5.32 Å². The summed E-state index contributed by atoms with van der Waals surface area (Å²) in [6, 6.07) is 4.96. The molecule has 16 heavy (non-hydrogen) atoms. The van der Waals surface area contributed by atoms with Crippen LogP contribution in [0.2, 0.25) is 0 Å². The molecule has 1 aromatic rings. The molecule has 0 saturated carbocycles. The zero-order chi connectivity index (χ0) is 12.2. The summed E-state index contributed by atoms with van der Waals surface area (Å²) >= 11 is 3.15. The summed E-state index contributed by atoms with van der Waals surface area (Å²) in [6.45, 7) is 4.88. The van der Waals surface area contributed by atoms with Gasteiger partial charge in [-0.15, -0.1) is 0 Å². The highest BCUT2D eigenvalue weighted by molar-refractivity contribution is 9.10. The molecule has 1 aromatic carbocycles. The zero-order valence-electron chi connectivity index (χ0n) is 9.56. The Morgan fingerprint density at radius 3 is 2.69 bits per heavy atom. The van der Waals surface area contributed by atoms with Gasteiger partial charge >= 0.3 is 0 Å². The maximum absolute atomic E-state index is 13.0. The van der Waals surface area contributed by atoms with Crippen molar-refractivity contribution in [1.29, 1.82) is 0 Å². The first-order chi connectivity index (χ1) is 7.44. The van der Waals surface area contributed by atoms with Crippen LogP contribution in [0.1, 0.15) is 25.8 Å². The van der Waals surface area contributed by atoms with E-state index in [-0.39, 0.29) is 18.0 Å². The quantitative estimate of drug-likeness (QED) is 0.874. The first-order valence-electron chi connectivity index (χ1n) is 5.24. The van der Waals surface area contributed by atoms with Crippen molar-refractivity contribution >= 4 is 15.9 Å². The topological polar surface area (TPSA) is 32.3 Å². The Balaban J connectivity index is 2.57. The Labute approximate surface area is 104 Å². The van der Waals surface area contributed by atoms with Crippen molar-refractivity contribution in [3.05, 3.63) is 34.1 Å². The molecular formula is C12H17BrFNO. The number of benzene rings is 1. The lowest BCUT2D eigenvalue weighted by atomic mass is 10.0. The lowest BCUT2D eigenvalue weighted by Crippen LogP contribution is -2.39. The molecule has 0 aliphatic rings. The Kier molecular flexibility index (Phi) is 4.89. The van der Waals surface area contributed by atoms with Crippen molar-refractivity contribution in [2.45, 2.75) is 32.4 Å². The van der Waals surface area contributed by atoms with E-state index < -0.39 is 0 Å². The lowest BCUT2D eigenvalue weighted by Gasteiger charge is -2.25. The Hall–Kier alpha value is -0.450. The third-order valence-corrected chi connectivity index (χ3v) is 3.10. The van der Waals surface area contributed by atoms with Crippen LogP contribution >= 0.6 is 15.9 Å². The normalized spacial score (nSPS) is 11.8. The van der Waals surface area contributed by atoms with Crippen LogP contribution in [0.5, 0.6) is 0 Å². The van der Waals surface area contributed by atoms with Crippen LogP contribution in [0.4, 0.5) is 4.39 Å². The second-order valence-electron chi connectivity index (χ2n) is 4.46. The predicted octanol–water partition coefficient (Wildman–Crippen LogP) is 2.84. The van der Waals surface area contributed by atoms with Crippen molar-refractivity contribution in [3.63, 3.8) is 0 Å². The van der Waals surface area contributed by atoms with Crippen LogP contribution in [0.15, 0.2) is 22.7 Å². The highest BCUT2D eigenvalue weighted by Crippen LogP contribution is 2.17. The Bertz CT molecular complexity index is 355. The van der Waals surface area contributed by atoms with Crippen LogP contribution < -0.4 is 5.32 Å². The molecule has 0 aromatic heterocycles. The van der Waals surface area contributed by atoms with Gasteiger partial charge in [-0.25, -0.2) is 4.39 Å². The summed E-state index contributed by atoms with van der Waals surface area (Å²) in [4.78, 5) is 0. The van der Waals surface area contributed by atoms with E-state index in [0.717, 1.165) is 5.56 Å². The molecule has 0 radical (unpaired) electrons. The van der Waals surface area contributed by atoms with Gasteiger partial charge in [0.2, 0.25) is 0 Å². The standard InChI is InChI=1S/C12H17BrFNO/c1-12(2,5-6-16)15-8-9-3-4-11(14)10(13)7-9/h3-4,7,15-16H,5-6,8H2,1-2H3. The fraction of sp³-hybridized carbons (Fsp3) is 0.500. The highest BCUT2D eigenvalue weighted by atomic mass is 79.9. The van der Waals surface area contributed by atoms with Crippen LogP contribution in [0, 0.1) is 5.82 Å². The lowest BCUT2D eigenvalue weighted by molar-refractivity contribution is 0.230. The fourth-order valence-electron chi connectivity index (χ4n) is 1.36. The number of halogens is 2. The van der Waals surface area contributed by atoms with E-state index in [1.165, 1.54) is 6.07 Å². The van der Waals surface area contributed by atoms with Gasteiger partial charge in [-0.05, 0) is 53.9 Å². The Morgan fingerprint density at radius 2 is 2.12 bits per heavy atom. The predicted molar refractivity (Wildman–Crippen MR) is 66.7 cm³/mol. The molecule has 1 rings (SSSR count). The molecule has 2 nitrogen and oxygen atoms in total. The molecular weight excluding hydrogens is 273 g/mol. The maximum atomic E-state index is 13.0. The summed E-state index contributed by atoms with van der Waals surface area (Å²) in [5.41, 5.74) is 0.898. The molecule has 0 aliphatic carbocycles. The van der Waals surface area contributed by atoms with Crippen LogP contribution in [0.25, 0.3) is 0 Å². The minimum atomic E-state index is -0.252. The van der Waals surface area contributed by atoms with E-state index >= 15 is 0 Å². The monoisotopic (exact) mass is 289 g/mol. The van der Waals surface area contributed by atoms with Gasteiger partial charge in [-0.2, -0.15) is 0 Å². The molecule has 0 unspecified atom stereocenters. The van der Waals surface area contributed by atoms with Crippen LogP contribution in [0.3, 0.4) is 0 Å². The van der Waals surface area contributed by atoms with Crippen LogP contribution in [-0.2, 0) is 6.54 Å². The van der Waals surface area contributed by atoms with Crippen molar-refractivity contribution in [3.8, 4) is 0 Å². The van der Waals surface area contributed by atoms with Gasteiger partial charge < -0.3 is 10.4 Å². The van der Waals surface area contributed by atoms with Crippen molar-refractivity contribution in [2.75, 3.05) is 6.61 Å². The number of nitrogens with one attached hydrogen (secondary N) is 1. The number of rotatable bonds is 5. The smallest absolute Gasteiger partial charge is 0.137 e. The first-order valence-corrected chi connectivity index (χ1v) is 6.04. The second kappa shape index (κ2) is 5.75. The molecule has 0 spiro atoms. The van der Waals surface area contributed by atoms with Gasteiger partial charge in [-0.3, -0.25) is 0 Å². The maximum Gasteiger partial charge on any atom is 0.137 e. The van der Waals surface area contributed by atoms with E-state index in [1.807, 2.05) is 13.8 Å². The third kappa shape index (κ3) is 4.20. The summed E-state index contributed by atoms with van der Waals surface area (Å²) < 4.78 is 13.5. The van der Waals surface area contributed by atoms with E-state index in [1.54, 1.807) is 12.1 Å². The van der Waals surface area contributed by atoms with Gasteiger partial charge in [0.15, 0.2) is 0 Å². The summed E-state index contributed by atoms with van der Waals surface area (Å²) in [5, 5.41) is 12.2. The molecule has 0 heterocycles. The Morgan fingerprint density at radius 1 is 1.44 bits per heavy atom. The molecule has 0 bridgehead atoms. The fourth-order valence-corrected chi connectivity index (χ4v) is 1.79. The van der Waals surface area contributed by atoms with E-state index in [2.05, 4.69) is 21.2 Å². The zero-order valence-corrected chi connectivity index (χ0v) is 11.1. The first kappa shape index (κ1) is 13.6. The van der Waals surface area contributed by atoms with E-state index in [9.17, 15) is 4.39 Å². The number of aliphatic hydroxyl groups is 1. The van der Waals surface area contributed by atoms with Crippen molar-refractivity contribution < 1.29 is 9.50 Å². The average molecular weight is 290 g/mol. The SMILES string of the molecule is CC(C)(CCO)NCc1ccc(F)c(Br)c1. The number of hydrogen-bond donors (Lipinski definition) is 2. The van der Waals surface area contributed by atoms with E-state index in [4.69, 9.17) is 5.11 Å². The minimum Gasteiger partial charge on any atom is -0.396 e. The van der Waals surface area contributed by atoms with Gasteiger partial charge in [-0.1, -0.05) is 6.07 Å². The number of hydrogen-bond acceptors (Lipinski definition) is 2. The summed E-state index contributed by atoms with van der Waals surface area (Å²) in [7, 11) is 0. The highest BCUT2D eigenvalue weighted by Gasteiger charge is 2.15. The number of aliphatic hydroxyl groups excluding tert-OH is 1. The third-order valence-electron chi connectivity index (χ3n) is 2.49. The van der Waals surface area contributed by atoms with Crippen LogP contribution in [-0.4, -0.2) is 17.3 Å². The second-order valence-corrected chi connectivity index (χ2v) is 5.31. The van der Waals surface area contributed by atoms with Gasteiger partial charge in [0, 0.05) is 18.7 Å². The molecule has 0 amide bonds. The molecule has 0 fully saturated rings. The minimum absolute atomic E-state index is 0.115. The van der Waals surface area contributed by atoms with E-state index in [0.29, 0.717) is 17.4 Å². The molecule has 90 valence electrons. The van der Waals surface area contributed by atoms with Gasteiger partial charge in [0.1, 0.15) is 5.82 Å². The van der Waals surface area contributed by atoms with Gasteiger partial charge in [0.25, 0.3) is 0 Å². The average Bonchev–Trinajstić information content (AvgIpc) is 2.20. The van der Waals surface area contributed by atoms with Gasteiger partial charge in [0.05, 0.1) is 4.47 Å². The summed E-state index contributed by atoms with van der Waals surface area (Å²) in [5.74, 6) is -0.252. The molecule has 0 atom stereocenters. The molecule has 2 N–H and O–H groups in total. The largest absolute Gasteiger partial charge is 0.396 e. The molecule has 0 saturated heterocycles. The molecule has 4 heteroatoms. The molecule has 0 aliphatic heterocycles. The summed E-state index contributed by atoms with van der Waals surface area (Å²) in [6.07, 6.45) is 0.690. The van der Waals surface area contributed by atoms with Crippen molar-refractivity contribution in [2.24, 2.45) is 0 Å².